The van der Waals surface area contributed by atoms with E-state index in [2.05, 4.69) is 10.4 Å². The fraction of sp³-hybridized carbons (Fsp3) is 0.350. The van der Waals surface area contributed by atoms with E-state index in [-0.39, 0.29) is 18.6 Å². The van der Waals surface area contributed by atoms with Gasteiger partial charge in [0.2, 0.25) is 0 Å². The van der Waals surface area contributed by atoms with E-state index in [1.165, 1.54) is 6.08 Å². The van der Waals surface area contributed by atoms with Crippen LogP contribution in [0.25, 0.3) is 11.8 Å². The van der Waals surface area contributed by atoms with Crippen LogP contribution in [0.3, 0.4) is 0 Å². The van der Waals surface area contributed by atoms with Gasteiger partial charge in [-0.1, -0.05) is 43.1 Å². The van der Waals surface area contributed by atoms with Crippen molar-refractivity contribution in [1.29, 1.82) is 0 Å². The molecular formula is C20H24ClN3O3. The highest BCUT2D eigenvalue weighted by Crippen LogP contribution is 2.24. The molecule has 2 rings (SSSR count). The number of nitrogens with zero attached hydrogens (tertiary/aromatic N) is 2. The zero-order chi connectivity index (χ0) is 19.8. The van der Waals surface area contributed by atoms with Crippen LogP contribution in [0.5, 0.6) is 0 Å². The van der Waals surface area contributed by atoms with Gasteiger partial charge in [0.05, 0.1) is 11.4 Å². The van der Waals surface area contributed by atoms with Crippen molar-refractivity contribution >= 4 is 29.6 Å². The van der Waals surface area contributed by atoms with E-state index in [4.69, 9.17) is 16.3 Å². The van der Waals surface area contributed by atoms with Crippen molar-refractivity contribution in [3.05, 3.63) is 52.8 Å². The van der Waals surface area contributed by atoms with Crippen LogP contribution in [0.2, 0.25) is 5.15 Å². The van der Waals surface area contributed by atoms with Gasteiger partial charge >= 0.3 is 5.97 Å². The summed E-state index contributed by atoms with van der Waals surface area (Å²) in [7, 11) is 0. The summed E-state index contributed by atoms with van der Waals surface area (Å²) in [5.41, 5.74) is 2.13. The SMILES string of the molecule is CCC[C@@H](C)NC(=O)COC(=O)/C=C/c1c(C)nn(-c2ccccc2)c1Cl. The summed E-state index contributed by atoms with van der Waals surface area (Å²) in [5, 5.41) is 7.57. The zero-order valence-corrected chi connectivity index (χ0v) is 16.5. The molecule has 27 heavy (non-hydrogen) atoms. The zero-order valence-electron chi connectivity index (χ0n) is 15.7. The number of esters is 1. The highest BCUT2D eigenvalue weighted by Gasteiger charge is 2.13. The molecule has 0 fully saturated rings. The van der Waals surface area contributed by atoms with Gasteiger partial charge in [-0.2, -0.15) is 5.10 Å². The highest BCUT2D eigenvalue weighted by atomic mass is 35.5. The van der Waals surface area contributed by atoms with E-state index >= 15 is 0 Å². The van der Waals surface area contributed by atoms with Crippen molar-refractivity contribution in [2.45, 2.75) is 39.7 Å². The second-order valence-corrected chi connectivity index (χ2v) is 6.59. The summed E-state index contributed by atoms with van der Waals surface area (Å²) in [4.78, 5) is 23.6. The molecule has 0 saturated carbocycles. The molecular weight excluding hydrogens is 366 g/mol. The number of benzene rings is 1. The predicted octanol–water partition coefficient (Wildman–Crippen LogP) is 3.70. The second kappa shape index (κ2) is 9.92. The molecule has 0 aliphatic carbocycles. The van der Waals surface area contributed by atoms with E-state index in [0.29, 0.717) is 16.4 Å². The van der Waals surface area contributed by atoms with Gasteiger partial charge in [0.1, 0.15) is 5.15 Å². The van der Waals surface area contributed by atoms with Crippen LogP contribution in [-0.4, -0.2) is 34.3 Å². The summed E-state index contributed by atoms with van der Waals surface area (Å²) < 4.78 is 6.57. The molecule has 1 amide bonds. The molecule has 1 N–H and O–H groups in total. The Labute approximate surface area is 164 Å². The van der Waals surface area contributed by atoms with Crippen LogP contribution < -0.4 is 5.32 Å². The van der Waals surface area contributed by atoms with Gasteiger partial charge in [0.15, 0.2) is 6.61 Å². The molecule has 6 nitrogen and oxygen atoms in total. The number of carbonyl (C=O) groups is 2. The first-order valence-electron chi connectivity index (χ1n) is 8.87. The third kappa shape index (κ3) is 5.96. The fourth-order valence-electron chi connectivity index (χ4n) is 2.60. The normalized spacial score (nSPS) is 12.1. The molecule has 144 valence electrons. The van der Waals surface area contributed by atoms with Crippen LogP contribution in [0.4, 0.5) is 0 Å². The number of amides is 1. The molecule has 0 saturated heterocycles. The Balaban J connectivity index is 1.97. The maximum Gasteiger partial charge on any atom is 0.331 e. The Morgan fingerprint density at radius 3 is 2.70 bits per heavy atom. The first-order valence-corrected chi connectivity index (χ1v) is 9.25. The van der Waals surface area contributed by atoms with Crippen molar-refractivity contribution in [2.75, 3.05) is 6.61 Å². The lowest BCUT2D eigenvalue weighted by Gasteiger charge is -2.12. The largest absolute Gasteiger partial charge is 0.452 e. The van der Waals surface area contributed by atoms with Gasteiger partial charge < -0.3 is 10.1 Å². The number of rotatable bonds is 8. The van der Waals surface area contributed by atoms with Gasteiger partial charge in [-0.25, -0.2) is 9.48 Å². The molecule has 0 bridgehead atoms. The Morgan fingerprint density at radius 2 is 2.04 bits per heavy atom. The first-order chi connectivity index (χ1) is 12.9. The lowest BCUT2D eigenvalue weighted by Crippen LogP contribution is -2.35. The molecule has 1 atom stereocenters. The lowest BCUT2D eigenvalue weighted by atomic mass is 10.2. The number of hydrogen-bond acceptors (Lipinski definition) is 4. The second-order valence-electron chi connectivity index (χ2n) is 6.24. The van der Waals surface area contributed by atoms with Crippen molar-refractivity contribution < 1.29 is 14.3 Å². The topological polar surface area (TPSA) is 73.2 Å². The number of aromatic nitrogens is 2. The molecule has 1 aromatic carbocycles. The highest BCUT2D eigenvalue weighted by molar-refractivity contribution is 6.31. The van der Waals surface area contributed by atoms with Crippen molar-refractivity contribution in [2.24, 2.45) is 0 Å². The minimum atomic E-state index is -0.615. The standard InChI is InChI=1S/C20H24ClN3O3/c1-4-8-14(2)22-18(25)13-27-19(26)12-11-17-15(3)23-24(20(17)21)16-9-6-5-7-10-16/h5-7,9-12,14H,4,8,13H2,1-3H3,(H,22,25)/b12-11+/t14-/m1/s1. The Bertz CT molecular complexity index is 815. The third-order valence-corrected chi connectivity index (χ3v) is 4.27. The van der Waals surface area contributed by atoms with Crippen LogP contribution in [0.15, 0.2) is 36.4 Å². The lowest BCUT2D eigenvalue weighted by molar-refractivity contribution is -0.144. The number of carbonyl (C=O) groups excluding carboxylic acids is 2. The van der Waals surface area contributed by atoms with E-state index in [9.17, 15) is 9.59 Å². The van der Waals surface area contributed by atoms with Crippen molar-refractivity contribution in [3.8, 4) is 5.69 Å². The number of hydrogen-bond donors (Lipinski definition) is 1. The molecule has 0 radical (unpaired) electrons. The summed E-state index contributed by atoms with van der Waals surface area (Å²) in [6.07, 6.45) is 4.64. The van der Waals surface area contributed by atoms with Gasteiger partial charge in [0.25, 0.3) is 5.91 Å². The average molecular weight is 390 g/mol. The van der Waals surface area contributed by atoms with Crippen LogP contribution in [0.1, 0.15) is 37.9 Å². The maximum absolute atomic E-state index is 11.9. The van der Waals surface area contributed by atoms with Crippen molar-refractivity contribution in [3.63, 3.8) is 0 Å². The number of ether oxygens (including phenoxy) is 1. The van der Waals surface area contributed by atoms with Gasteiger partial charge in [0, 0.05) is 17.7 Å². The number of nitrogens with one attached hydrogen (secondary N) is 1. The molecule has 1 heterocycles. The van der Waals surface area contributed by atoms with Crippen molar-refractivity contribution in [1.82, 2.24) is 15.1 Å². The smallest absolute Gasteiger partial charge is 0.331 e. The summed E-state index contributed by atoms with van der Waals surface area (Å²) in [6.45, 7) is 5.45. The van der Waals surface area contributed by atoms with E-state index in [0.717, 1.165) is 18.5 Å². The molecule has 7 heteroatoms. The molecule has 0 spiro atoms. The maximum atomic E-state index is 11.9. The van der Waals surface area contributed by atoms with Gasteiger partial charge in [-0.15, -0.1) is 0 Å². The number of aryl methyl sites for hydroxylation is 1. The predicted molar refractivity (Wildman–Crippen MR) is 106 cm³/mol. The minimum Gasteiger partial charge on any atom is -0.452 e. The molecule has 0 unspecified atom stereocenters. The van der Waals surface area contributed by atoms with Crippen LogP contribution in [0, 0.1) is 6.92 Å². The van der Waals surface area contributed by atoms with Gasteiger partial charge in [-0.05, 0) is 38.5 Å². The fourth-order valence-corrected chi connectivity index (χ4v) is 2.93. The molecule has 2 aromatic rings. The average Bonchev–Trinajstić information content (AvgIpc) is 2.93. The first kappa shape index (κ1) is 20.7. The number of halogens is 1. The van der Waals surface area contributed by atoms with Crippen LogP contribution in [-0.2, 0) is 14.3 Å². The Kier molecular flexibility index (Phi) is 7.61. The molecule has 0 aliphatic heterocycles. The minimum absolute atomic E-state index is 0.0574. The van der Waals surface area contributed by atoms with E-state index in [1.807, 2.05) is 44.2 Å². The summed E-state index contributed by atoms with van der Waals surface area (Å²) in [5.74, 6) is -0.931. The molecule has 0 aliphatic rings. The van der Waals surface area contributed by atoms with Crippen LogP contribution >= 0.6 is 11.6 Å². The van der Waals surface area contributed by atoms with E-state index in [1.54, 1.807) is 17.7 Å². The monoisotopic (exact) mass is 389 g/mol. The Morgan fingerprint density at radius 1 is 1.33 bits per heavy atom. The molecule has 1 aromatic heterocycles. The summed E-state index contributed by atoms with van der Waals surface area (Å²) in [6, 6.07) is 9.52. The Hall–Kier alpha value is -2.60. The third-order valence-electron chi connectivity index (χ3n) is 3.91. The number of para-hydroxylation sites is 1. The van der Waals surface area contributed by atoms with E-state index < -0.39 is 5.97 Å². The van der Waals surface area contributed by atoms with Gasteiger partial charge in [-0.3, -0.25) is 4.79 Å². The quantitative estimate of drug-likeness (QED) is 0.552. The summed E-state index contributed by atoms with van der Waals surface area (Å²) >= 11 is 6.40.